The van der Waals surface area contributed by atoms with Crippen LogP contribution in [0.2, 0.25) is 0 Å². The van der Waals surface area contributed by atoms with Crippen LogP contribution < -0.4 is 10.9 Å². The van der Waals surface area contributed by atoms with Gasteiger partial charge in [-0.2, -0.15) is 0 Å². The van der Waals surface area contributed by atoms with Crippen molar-refractivity contribution in [1.82, 2.24) is 10.9 Å². The van der Waals surface area contributed by atoms with Crippen molar-refractivity contribution in [3.63, 3.8) is 0 Å². The van der Waals surface area contributed by atoms with Crippen molar-refractivity contribution in [2.24, 2.45) is 11.8 Å². The summed E-state index contributed by atoms with van der Waals surface area (Å²) in [5.74, 6) is 1.07. The maximum Gasteiger partial charge on any atom is 0.423 e. The molecule has 104 valence electrons. The van der Waals surface area contributed by atoms with Crippen LogP contribution in [0, 0.1) is 11.8 Å². The van der Waals surface area contributed by atoms with Gasteiger partial charge in [-0.05, 0) is 18.3 Å². The Labute approximate surface area is 112 Å². The fourth-order valence-electron chi connectivity index (χ4n) is 2.66. The molecular weight excluding hydrogens is 256 g/mol. The second-order valence-electron chi connectivity index (χ2n) is 4.82. The van der Waals surface area contributed by atoms with E-state index in [4.69, 9.17) is 16.7 Å². The summed E-state index contributed by atoms with van der Waals surface area (Å²) in [6.07, 6.45) is 5.93. The molecule has 0 aromatic heterocycles. The Kier molecular flexibility index (Phi) is 6.86. The molecular formula is C12H21ClN2O3. The number of nitrogens with one attached hydrogen (secondary N) is 2. The summed E-state index contributed by atoms with van der Waals surface area (Å²) >= 11 is 5.79. The fraction of sp³-hybridized carbons (Fsp3) is 0.833. The van der Waals surface area contributed by atoms with E-state index in [2.05, 4.69) is 5.43 Å². The van der Waals surface area contributed by atoms with Crippen molar-refractivity contribution in [1.29, 1.82) is 0 Å². The van der Waals surface area contributed by atoms with Crippen LogP contribution in [0.1, 0.15) is 44.9 Å². The molecule has 0 bridgehead atoms. The molecule has 1 rings (SSSR count). The molecule has 1 fully saturated rings. The molecule has 2 amide bonds. The second kappa shape index (κ2) is 8.19. The Bertz CT molecular complexity index is 280. The van der Waals surface area contributed by atoms with Crippen molar-refractivity contribution in [3.8, 4) is 0 Å². The van der Waals surface area contributed by atoms with Crippen LogP contribution in [0.25, 0.3) is 0 Å². The average molecular weight is 277 g/mol. The standard InChI is InChI=1S/C12H21ClN2O3/c13-7-6-10(9-4-2-1-3-5-9)8-11(16)14-15-12(17)18/h9-10,15H,1-8H2,(H,14,16)(H,17,18). The van der Waals surface area contributed by atoms with Crippen LogP contribution in [0.15, 0.2) is 0 Å². The molecule has 18 heavy (non-hydrogen) atoms. The number of hydrogen-bond donors (Lipinski definition) is 3. The highest BCUT2D eigenvalue weighted by Gasteiger charge is 2.25. The van der Waals surface area contributed by atoms with E-state index in [-0.39, 0.29) is 11.8 Å². The van der Waals surface area contributed by atoms with Crippen molar-refractivity contribution >= 4 is 23.6 Å². The Morgan fingerprint density at radius 3 is 2.44 bits per heavy atom. The number of carbonyl (C=O) groups is 2. The van der Waals surface area contributed by atoms with Gasteiger partial charge in [-0.25, -0.2) is 10.2 Å². The molecule has 0 radical (unpaired) electrons. The third-order valence-corrected chi connectivity index (χ3v) is 3.77. The normalized spacial score (nSPS) is 18.1. The molecule has 1 aliphatic carbocycles. The van der Waals surface area contributed by atoms with E-state index >= 15 is 0 Å². The van der Waals surface area contributed by atoms with Gasteiger partial charge in [0.25, 0.3) is 0 Å². The highest BCUT2D eigenvalue weighted by Crippen LogP contribution is 2.33. The molecule has 0 saturated heterocycles. The lowest BCUT2D eigenvalue weighted by Crippen LogP contribution is -2.42. The zero-order valence-corrected chi connectivity index (χ0v) is 11.2. The van der Waals surface area contributed by atoms with E-state index in [0.717, 1.165) is 19.3 Å². The average Bonchev–Trinajstić information content (AvgIpc) is 2.37. The molecule has 1 atom stereocenters. The molecule has 0 heterocycles. The van der Waals surface area contributed by atoms with Crippen molar-refractivity contribution < 1.29 is 14.7 Å². The minimum absolute atomic E-state index is 0.262. The Balaban J connectivity index is 2.40. The Morgan fingerprint density at radius 2 is 1.89 bits per heavy atom. The SMILES string of the molecule is O=C(O)NNC(=O)CC(CCCl)C1CCCCC1. The smallest absolute Gasteiger partial charge is 0.423 e. The highest BCUT2D eigenvalue weighted by atomic mass is 35.5. The first-order valence-corrected chi connectivity index (χ1v) is 7.00. The summed E-state index contributed by atoms with van der Waals surface area (Å²) in [7, 11) is 0. The minimum atomic E-state index is -1.25. The first-order chi connectivity index (χ1) is 8.63. The van der Waals surface area contributed by atoms with E-state index in [1.807, 2.05) is 5.43 Å². The van der Waals surface area contributed by atoms with E-state index in [1.54, 1.807) is 0 Å². The van der Waals surface area contributed by atoms with Gasteiger partial charge in [0.05, 0.1) is 0 Å². The summed E-state index contributed by atoms with van der Waals surface area (Å²) in [5.41, 5.74) is 4.06. The van der Waals surface area contributed by atoms with E-state index in [1.165, 1.54) is 19.3 Å². The van der Waals surface area contributed by atoms with Gasteiger partial charge in [0.15, 0.2) is 0 Å². The molecule has 0 spiro atoms. The maximum absolute atomic E-state index is 11.6. The first kappa shape index (κ1) is 15.1. The van der Waals surface area contributed by atoms with Crippen LogP contribution in [0.4, 0.5) is 4.79 Å². The van der Waals surface area contributed by atoms with E-state index in [0.29, 0.717) is 18.2 Å². The molecule has 0 aromatic carbocycles. The molecule has 1 aliphatic rings. The van der Waals surface area contributed by atoms with Gasteiger partial charge in [0.1, 0.15) is 0 Å². The molecule has 6 heteroatoms. The van der Waals surface area contributed by atoms with Gasteiger partial charge >= 0.3 is 6.09 Å². The number of alkyl halides is 1. The van der Waals surface area contributed by atoms with Crippen LogP contribution in [0.5, 0.6) is 0 Å². The number of carboxylic acid groups (broad SMARTS) is 1. The molecule has 1 unspecified atom stereocenters. The van der Waals surface area contributed by atoms with Gasteiger partial charge in [0, 0.05) is 12.3 Å². The third-order valence-electron chi connectivity index (χ3n) is 3.55. The topological polar surface area (TPSA) is 78.4 Å². The van der Waals surface area contributed by atoms with Gasteiger partial charge < -0.3 is 5.11 Å². The lowest BCUT2D eigenvalue weighted by atomic mass is 9.77. The fourth-order valence-corrected chi connectivity index (χ4v) is 2.94. The van der Waals surface area contributed by atoms with Crippen LogP contribution in [0.3, 0.4) is 0 Å². The predicted molar refractivity (Wildman–Crippen MR) is 69.3 cm³/mol. The van der Waals surface area contributed by atoms with Crippen molar-refractivity contribution in [3.05, 3.63) is 0 Å². The molecule has 0 aromatic rings. The van der Waals surface area contributed by atoms with Crippen LogP contribution in [-0.4, -0.2) is 23.0 Å². The summed E-state index contributed by atoms with van der Waals surface area (Å²) < 4.78 is 0. The maximum atomic E-state index is 11.6. The largest absolute Gasteiger partial charge is 0.464 e. The number of carbonyl (C=O) groups excluding carboxylic acids is 1. The number of halogens is 1. The van der Waals surface area contributed by atoms with Crippen molar-refractivity contribution in [2.75, 3.05) is 5.88 Å². The number of amides is 2. The zero-order chi connectivity index (χ0) is 13.4. The van der Waals surface area contributed by atoms with Crippen LogP contribution >= 0.6 is 11.6 Å². The van der Waals surface area contributed by atoms with E-state index in [9.17, 15) is 9.59 Å². The summed E-state index contributed by atoms with van der Waals surface area (Å²) in [5, 5.41) is 8.40. The number of hydrazine groups is 1. The van der Waals surface area contributed by atoms with Gasteiger partial charge in [0.2, 0.25) is 5.91 Å². The minimum Gasteiger partial charge on any atom is -0.464 e. The van der Waals surface area contributed by atoms with Gasteiger partial charge in [-0.15, -0.1) is 11.6 Å². The second-order valence-corrected chi connectivity index (χ2v) is 5.20. The van der Waals surface area contributed by atoms with E-state index < -0.39 is 6.09 Å². The molecule has 5 nitrogen and oxygen atoms in total. The number of hydrogen-bond acceptors (Lipinski definition) is 2. The van der Waals surface area contributed by atoms with Crippen molar-refractivity contribution in [2.45, 2.75) is 44.9 Å². The van der Waals surface area contributed by atoms with Crippen LogP contribution in [-0.2, 0) is 4.79 Å². The lowest BCUT2D eigenvalue weighted by Gasteiger charge is -2.29. The number of rotatable bonds is 5. The molecule has 1 saturated carbocycles. The van der Waals surface area contributed by atoms with Gasteiger partial charge in [-0.1, -0.05) is 32.1 Å². The molecule has 0 aliphatic heterocycles. The summed E-state index contributed by atoms with van der Waals surface area (Å²) in [4.78, 5) is 21.9. The third kappa shape index (κ3) is 5.58. The quantitative estimate of drug-likeness (QED) is 0.533. The zero-order valence-electron chi connectivity index (χ0n) is 10.5. The Hall–Kier alpha value is -0.970. The molecule has 3 N–H and O–H groups in total. The lowest BCUT2D eigenvalue weighted by molar-refractivity contribution is -0.123. The van der Waals surface area contributed by atoms with Gasteiger partial charge in [-0.3, -0.25) is 10.2 Å². The predicted octanol–water partition coefficient (Wildman–Crippen LogP) is 2.50. The Morgan fingerprint density at radius 1 is 1.22 bits per heavy atom. The highest BCUT2D eigenvalue weighted by molar-refractivity contribution is 6.17. The first-order valence-electron chi connectivity index (χ1n) is 6.47. The summed E-state index contributed by atoms with van der Waals surface area (Å²) in [6, 6.07) is 0. The summed E-state index contributed by atoms with van der Waals surface area (Å²) in [6.45, 7) is 0. The monoisotopic (exact) mass is 276 g/mol.